The van der Waals surface area contributed by atoms with Crippen LogP contribution in [0.15, 0.2) is 29.3 Å². The van der Waals surface area contributed by atoms with Crippen LogP contribution in [-0.2, 0) is 16.4 Å². The molecule has 0 aliphatic carbocycles. The number of hydrogen-bond donors (Lipinski definition) is 1. The predicted molar refractivity (Wildman–Crippen MR) is 90.8 cm³/mol. The number of nitrogens with zero attached hydrogens (tertiary/aromatic N) is 2. The van der Waals surface area contributed by atoms with Gasteiger partial charge in [0, 0.05) is 6.42 Å². The van der Waals surface area contributed by atoms with E-state index in [4.69, 9.17) is 14.2 Å². The van der Waals surface area contributed by atoms with Crippen LogP contribution in [0.1, 0.15) is 19.4 Å². The number of nitrogens with one attached hydrogen (secondary N) is 1. The molecule has 1 aromatic carbocycles. The van der Waals surface area contributed by atoms with Crippen molar-refractivity contribution >= 4 is 15.7 Å². The molecule has 1 aliphatic heterocycles. The van der Waals surface area contributed by atoms with Crippen molar-refractivity contribution in [1.29, 1.82) is 0 Å². The summed E-state index contributed by atoms with van der Waals surface area (Å²) in [6.45, 7) is 4.87. The quantitative estimate of drug-likeness (QED) is 0.801. The van der Waals surface area contributed by atoms with Crippen molar-refractivity contribution in [3.63, 3.8) is 0 Å². The van der Waals surface area contributed by atoms with Crippen LogP contribution in [0.25, 0.3) is 0 Å². The van der Waals surface area contributed by atoms with Gasteiger partial charge in [-0.2, -0.15) is 4.98 Å². The first-order valence-corrected chi connectivity index (χ1v) is 9.43. The monoisotopic (exact) mass is 365 g/mol. The molecule has 2 heterocycles. The molecular weight excluding hydrogens is 346 g/mol. The van der Waals surface area contributed by atoms with E-state index in [1.165, 1.54) is 12.3 Å². The topological polar surface area (TPSA) is 99.6 Å². The molecule has 2 aromatic rings. The van der Waals surface area contributed by atoms with Crippen LogP contribution in [0.2, 0.25) is 0 Å². The summed E-state index contributed by atoms with van der Waals surface area (Å²) in [6.07, 6.45) is 2.02. The maximum atomic E-state index is 12.7. The van der Waals surface area contributed by atoms with E-state index in [9.17, 15) is 8.42 Å². The zero-order valence-electron chi connectivity index (χ0n) is 14.0. The summed E-state index contributed by atoms with van der Waals surface area (Å²) in [5.41, 5.74) is 1.03. The van der Waals surface area contributed by atoms with Crippen LogP contribution < -0.4 is 18.9 Å². The molecule has 8 nitrogen and oxygen atoms in total. The van der Waals surface area contributed by atoms with Crippen LogP contribution in [0.4, 0.5) is 5.69 Å². The smallest absolute Gasteiger partial charge is 0.319 e. The van der Waals surface area contributed by atoms with E-state index in [2.05, 4.69) is 14.7 Å². The summed E-state index contributed by atoms with van der Waals surface area (Å²) in [4.78, 5) is 8.22. The summed E-state index contributed by atoms with van der Waals surface area (Å²) < 4.78 is 43.8. The Morgan fingerprint density at radius 1 is 1.24 bits per heavy atom. The van der Waals surface area contributed by atoms with Crippen LogP contribution >= 0.6 is 0 Å². The average Bonchev–Trinajstić information content (AvgIpc) is 3.05. The Labute approximate surface area is 146 Å². The molecule has 1 aliphatic rings. The average molecular weight is 365 g/mol. The van der Waals surface area contributed by atoms with E-state index >= 15 is 0 Å². The maximum Gasteiger partial charge on any atom is 0.319 e. The Hall–Kier alpha value is -2.55. The van der Waals surface area contributed by atoms with Gasteiger partial charge in [-0.15, -0.1) is 0 Å². The number of sulfonamides is 1. The van der Waals surface area contributed by atoms with E-state index in [1.807, 2.05) is 0 Å². The van der Waals surface area contributed by atoms with E-state index in [0.717, 1.165) is 11.3 Å². The molecular formula is C16H19N3O5S. The highest BCUT2D eigenvalue weighted by Gasteiger charge is 2.21. The van der Waals surface area contributed by atoms with Gasteiger partial charge in [0.2, 0.25) is 5.88 Å². The molecule has 0 fully saturated rings. The minimum absolute atomic E-state index is 0.119. The lowest BCUT2D eigenvalue weighted by atomic mass is 10.2. The van der Waals surface area contributed by atoms with Crippen molar-refractivity contribution in [2.24, 2.45) is 0 Å². The second kappa shape index (κ2) is 7.14. The zero-order chi connectivity index (χ0) is 17.9. The molecule has 1 aromatic heterocycles. The predicted octanol–water partition coefficient (Wildman–Crippen LogP) is 2.01. The highest BCUT2D eigenvalue weighted by Crippen LogP contribution is 2.30. The molecule has 0 spiro atoms. The van der Waals surface area contributed by atoms with Crippen molar-refractivity contribution < 1.29 is 22.6 Å². The van der Waals surface area contributed by atoms with Crippen LogP contribution in [0, 0.1) is 0 Å². The van der Waals surface area contributed by atoms with Crippen LogP contribution in [0.5, 0.6) is 17.6 Å². The first-order chi connectivity index (χ1) is 12.0. The molecule has 1 N–H and O–H groups in total. The van der Waals surface area contributed by atoms with Crippen molar-refractivity contribution in [2.75, 3.05) is 24.5 Å². The number of ether oxygens (including phenoxy) is 3. The van der Waals surface area contributed by atoms with Gasteiger partial charge < -0.3 is 14.2 Å². The van der Waals surface area contributed by atoms with Crippen LogP contribution in [0.3, 0.4) is 0 Å². The number of aromatic nitrogens is 2. The zero-order valence-corrected chi connectivity index (χ0v) is 14.8. The molecule has 134 valence electrons. The van der Waals surface area contributed by atoms with E-state index in [0.29, 0.717) is 26.2 Å². The lowest BCUT2D eigenvalue weighted by Crippen LogP contribution is -2.15. The number of hydrogen-bond acceptors (Lipinski definition) is 7. The van der Waals surface area contributed by atoms with Gasteiger partial charge >= 0.3 is 6.01 Å². The molecule has 0 atom stereocenters. The molecule has 0 saturated carbocycles. The van der Waals surface area contributed by atoms with Crippen molar-refractivity contribution in [2.45, 2.75) is 25.2 Å². The van der Waals surface area contributed by atoms with Gasteiger partial charge in [-0.3, -0.25) is 4.72 Å². The maximum absolute atomic E-state index is 12.7. The first kappa shape index (κ1) is 17.3. The molecule has 25 heavy (non-hydrogen) atoms. The number of anilines is 1. The van der Waals surface area contributed by atoms with E-state index in [-0.39, 0.29) is 22.5 Å². The Balaban J connectivity index is 1.89. The second-order valence-electron chi connectivity index (χ2n) is 5.21. The van der Waals surface area contributed by atoms with Gasteiger partial charge in [0.15, 0.2) is 0 Å². The summed E-state index contributed by atoms with van der Waals surface area (Å²) in [5.74, 6) is 0.840. The Morgan fingerprint density at radius 2 is 2.04 bits per heavy atom. The molecule has 9 heteroatoms. The molecule has 0 unspecified atom stereocenters. The Morgan fingerprint density at radius 3 is 2.80 bits per heavy atom. The normalized spacial score (nSPS) is 13.0. The lowest BCUT2D eigenvalue weighted by molar-refractivity contribution is 0.290. The van der Waals surface area contributed by atoms with Gasteiger partial charge in [0.1, 0.15) is 11.4 Å². The fourth-order valence-corrected chi connectivity index (χ4v) is 3.49. The third-order valence-corrected chi connectivity index (χ3v) is 4.86. The van der Waals surface area contributed by atoms with Crippen molar-refractivity contribution in [3.8, 4) is 17.6 Å². The summed E-state index contributed by atoms with van der Waals surface area (Å²) >= 11 is 0. The van der Waals surface area contributed by atoms with E-state index < -0.39 is 10.0 Å². The molecule has 0 saturated heterocycles. The third kappa shape index (κ3) is 3.76. The molecule has 0 bridgehead atoms. The summed E-state index contributed by atoms with van der Waals surface area (Å²) in [5, 5.41) is 0. The standard InChI is InChI=1S/C16H19N3O5S/c1-3-22-15-13(10-17-16(18-15)23-4-2)19-25(20,21)12-5-6-14-11(9-12)7-8-24-14/h5-6,9-10,19H,3-4,7-8H2,1-2H3. The fourth-order valence-electron chi connectivity index (χ4n) is 2.40. The highest BCUT2D eigenvalue weighted by molar-refractivity contribution is 7.92. The summed E-state index contributed by atoms with van der Waals surface area (Å²) in [7, 11) is -3.81. The summed E-state index contributed by atoms with van der Waals surface area (Å²) in [6, 6.07) is 4.90. The lowest BCUT2D eigenvalue weighted by Gasteiger charge is -2.13. The van der Waals surface area contributed by atoms with Gasteiger partial charge in [0.25, 0.3) is 10.0 Å². The molecule has 3 rings (SSSR count). The largest absolute Gasteiger partial charge is 0.493 e. The minimum Gasteiger partial charge on any atom is -0.493 e. The number of benzene rings is 1. The number of rotatable bonds is 7. The van der Waals surface area contributed by atoms with Crippen molar-refractivity contribution in [3.05, 3.63) is 30.0 Å². The Bertz CT molecular complexity index is 870. The minimum atomic E-state index is -3.81. The van der Waals surface area contributed by atoms with E-state index in [1.54, 1.807) is 26.0 Å². The van der Waals surface area contributed by atoms with Gasteiger partial charge in [-0.25, -0.2) is 13.4 Å². The second-order valence-corrected chi connectivity index (χ2v) is 6.89. The molecule has 0 radical (unpaired) electrons. The highest BCUT2D eigenvalue weighted by atomic mass is 32.2. The van der Waals surface area contributed by atoms with Gasteiger partial charge in [0.05, 0.1) is 30.9 Å². The Kier molecular flexibility index (Phi) is 4.93. The first-order valence-electron chi connectivity index (χ1n) is 7.94. The van der Waals surface area contributed by atoms with Gasteiger partial charge in [-0.05, 0) is 37.6 Å². The van der Waals surface area contributed by atoms with Crippen LogP contribution in [-0.4, -0.2) is 38.2 Å². The third-order valence-electron chi connectivity index (χ3n) is 3.50. The van der Waals surface area contributed by atoms with Crippen molar-refractivity contribution in [1.82, 2.24) is 9.97 Å². The fraction of sp³-hybridized carbons (Fsp3) is 0.375. The molecule has 0 amide bonds. The van der Waals surface area contributed by atoms with Gasteiger partial charge in [-0.1, -0.05) is 0 Å². The SMILES string of the molecule is CCOc1ncc(NS(=O)(=O)c2ccc3c(c2)CCO3)c(OCC)n1. The number of fused-ring (bicyclic) bond motifs is 1.